The molecule has 1 N–H and O–H groups in total. The van der Waals surface area contributed by atoms with Crippen LogP contribution in [0.1, 0.15) is 24.0 Å². The Bertz CT molecular complexity index is 449. The van der Waals surface area contributed by atoms with Gasteiger partial charge in [0.15, 0.2) is 0 Å². The first kappa shape index (κ1) is 15.6. The van der Waals surface area contributed by atoms with E-state index in [2.05, 4.69) is 47.4 Å². The van der Waals surface area contributed by atoms with Crippen molar-refractivity contribution in [3.8, 4) is 0 Å². The van der Waals surface area contributed by atoms with Gasteiger partial charge < -0.3 is 15.1 Å². The van der Waals surface area contributed by atoms with Crippen LogP contribution in [0.15, 0.2) is 18.2 Å². The van der Waals surface area contributed by atoms with Crippen LogP contribution in [0.2, 0.25) is 0 Å². The van der Waals surface area contributed by atoms with Crippen molar-refractivity contribution in [3.05, 3.63) is 29.3 Å². The third-order valence-corrected chi connectivity index (χ3v) is 4.57. The maximum absolute atomic E-state index is 3.54. The van der Waals surface area contributed by atoms with Crippen molar-refractivity contribution in [2.24, 2.45) is 0 Å². The number of likely N-dealkylation sites (tertiary alicyclic amines) is 1. The summed E-state index contributed by atoms with van der Waals surface area (Å²) in [5, 5.41) is 3.54. The Morgan fingerprint density at radius 3 is 3.00 bits per heavy atom. The van der Waals surface area contributed by atoms with Gasteiger partial charge in [-0.2, -0.15) is 0 Å². The summed E-state index contributed by atoms with van der Waals surface area (Å²) in [5.41, 5.74) is 4.34. The highest BCUT2D eigenvalue weighted by Gasteiger charge is 2.22. The number of hydrogen-bond donors (Lipinski definition) is 1. The smallest absolute Gasteiger partial charge is 0.0419 e. The molecule has 0 radical (unpaired) electrons. The van der Waals surface area contributed by atoms with Crippen LogP contribution in [0.3, 0.4) is 0 Å². The number of benzene rings is 1. The summed E-state index contributed by atoms with van der Waals surface area (Å²) >= 11 is 0. The number of nitrogens with one attached hydrogen (secondary N) is 1. The van der Waals surface area contributed by atoms with Gasteiger partial charge in [-0.05, 0) is 51.0 Å². The molecular weight excluding hydrogens is 270 g/mol. The molecule has 112 valence electrons. The van der Waals surface area contributed by atoms with E-state index in [0.29, 0.717) is 0 Å². The number of anilines is 1. The molecule has 1 aromatic rings. The van der Waals surface area contributed by atoms with Crippen LogP contribution in [0.5, 0.6) is 0 Å². The summed E-state index contributed by atoms with van der Waals surface area (Å²) in [5.74, 6) is 0. The van der Waals surface area contributed by atoms with Gasteiger partial charge in [0.05, 0.1) is 0 Å². The average molecular weight is 296 g/mol. The lowest BCUT2D eigenvalue weighted by molar-refractivity contribution is 0.215. The van der Waals surface area contributed by atoms with Gasteiger partial charge in [0.1, 0.15) is 0 Å². The molecule has 0 amide bonds. The maximum Gasteiger partial charge on any atom is 0.0419 e. The molecular formula is C16H26ClN3. The molecule has 1 aromatic carbocycles. The Kier molecular flexibility index (Phi) is 5.30. The van der Waals surface area contributed by atoms with E-state index in [9.17, 15) is 0 Å². The zero-order chi connectivity index (χ0) is 13.2. The lowest BCUT2D eigenvalue weighted by Gasteiger charge is -2.26. The van der Waals surface area contributed by atoms with Gasteiger partial charge in [-0.15, -0.1) is 12.4 Å². The normalized spacial score (nSPS) is 21.6. The average Bonchev–Trinajstić information content (AvgIpc) is 3.00. The molecule has 2 aliphatic heterocycles. The fraction of sp³-hybridized carbons (Fsp3) is 0.625. The van der Waals surface area contributed by atoms with Gasteiger partial charge in [-0.1, -0.05) is 18.2 Å². The van der Waals surface area contributed by atoms with Crippen LogP contribution >= 0.6 is 12.4 Å². The highest BCUT2D eigenvalue weighted by atomic mass is 35.5. The molecule has 1 saturated heterocycles. The van der Waals surface area contributed by atoms with Crippen molar-refractivity contribution >= 4 is 18.1 Å². The highest BCUT2D eigenvalue weighted by Crippen LogP contribution is 2.27. The minimum Gasteiger partial charge on any atom is -0.384 e. The van der Waals surface area contributed by atoms with E-state index in [4.69, 9.17) is 0 Å². The van der Waals surface area contributed by atoms with E-state index in [1.54, 1.807) is 0 Å². The number of likely N-dealkylation sites (N-methyl/N-ethyl adjacent to an activating group) is 2. The second kappa shape index (κ2) is 6.79. The lowest BCUT2D eigenvalue weighted by Crippen LogP contribution is -2.36. The van der Waals surface area contributed by atoms with Crippen LogP contribution < -0.4 is 5.32 Å². The van der Waals surface area contributed by atoms with Crippen molar-refractivity contribution < 1.29 is 0 Å². The van der Waals surface area contributed by atoms with Gasteiger partial charge in [-0.3, -0.25) is 0 Å². The zero-order valence-corrected chi connectivity index (χ0v) is 13.4. The fourth-order valence-corrected chi connectivity index (χ4v) is 3.47. The van der Waals surface area contributed by atoms with Gasteiger partial charge in [0, 0.05) is 31.4 Å². The first-order valence-corrected chi connectivity index (χ1v) is 7.47. The Hall–Kier alpha value is -0.770. The number of rotatable bonds is 4. The molecule has 20 heavy (non-hydrogen) atoms. The number of nitrogens with zero attached hydrogens (tertiary/aromatic N) is 2. The Morgan fingerprint density at radius 1 is 1.40 bits per heavy atom. The van der Waals surface area contributed by atoms with E-state index in [1.807, 2.05) is 0 Å². The minimum absolute atomic E-state index is 0. The summed E-state index contributed by atoms with van der Waals surface area (Å²) in [7, 11) is 4.51. The van der Waals surface area contributed by atoms with Gasteiger partial charge in [0.25, 0.3) is 0 Å². The topological polar surface area (TPSA) is 18.5 Å². The van der Waals surface area contributed by atoms with Crippen LogP contribution in [0.4, 0.5) is 5.69 Å². The van der Waals surface area contributed by atoms with Crippen molar-refractivity contribution in [3.63, 3.8) is 0 Å². The third kappa shape index (κ3) is 3.27. The lowest BCUT2D eigenvalue weighted by atomic mass is 10.1. The number of para-hydroxylation sites is 1. The predicted octanol–water partition coefficient (Wildman–Crippen LogP) is 2.60. The molecule has 0 aliphatic carbocycles. The molecule has 1 atom stereocenters. The predicted molar refractivity (Wildman–Crippen MR) is 87.9 cm³/mol. The van der Waals surface area contributed by atoms with Crippen molar-refractivity contribution in [2.75, 3.05) is 39.0 Å². The SMILES string of the molecule is CN(Cc1cccc2c1NCC2)CC1CCCN1C.Cl. The molecule has 0 spiro atoms. The molecule has 1 fully saturated rings. The molecule has 3 rings (SSSR count). The summed E-state index contributed by atoms with van der Waals surface area (Å²) in [6.07, 6.45) is 3.89. The quantitative estimate of drug-likeness (QED) is 0.921. The number of fused-ring (bicyclic) bond motifs is 1. The van der Waals surface area contributed by atoms with Gasteiger partial charge >= 0.3 is 0 Å². The van der Waals surface area contributed by atoms with E-state index in [0.717, 1.165) is 19.1 Å². The second-order valence-electron chi connectivity index (χ2n) is 6.10. The molecule has 0 bridgehead atoms. The molecule has 2 heterocycles. The van der Waals surface area contributed by atoms with E-state index >= 15 is 0 Å². The molecule has 4 heteroatoms. The van der Waals surface area contributed by atoms with E-state index < -0.39 is 0 Å². The summed E-state index contributed by atoms with van der Waals surface area (Å²) < 4.78 is 0. The first-order chi connectivity index (χ1) is 9.24. The summed E-state index contributed by atoms with van der Waals surface area (Å²) in [6, 6.07) is 7.47. The van der Waals surface area contributed by atoms with Crippen LogP contribution in [0, 0.1) is 0 Å². The highest BCUT2D eigenvalue weighted by molar-refractivity contribution is 5.85. The van der Waals surface area contributed by atoms with Crippen LogP contribution in [0.25, 0.3) is 0 Å². The molecule has 0 saturated carbocycles. The molecule has 3 nitrogen and oxygen atoms in total. The summed E-state index contributed by atoms with van der Waals surface area (Å²) in [4.78, 5) is 4.98. The van der Waals surface area contributed by atoms with Crippen molar-refractivity contribution in [1.82, 2.24) is 9.80 Å². The van der Waals surface area contributed by atoms with Crippen molar-refractivity contribution in [1.29, 1.82) is 0 Å². The largest absolute Gasteiger partial charge is 0.384 e. The first-order valence-electron chi connectivity index (χ1n) is 7.47. The minimum atomic E-state index is 0. The Balaban J connectivity index is 0.00000147. The molecule has 2 aliphatic rings. The summed E-state index contributed by atoms with van der Waals surface area (Å²) in [6.45, 7) is 4.60. The van der Waals surface area contributed by atoms with Crippen molar-refractivity contribution in [2.45, 2.75) is 31.8 Å². The fourth-order valence-electron chi connectivity index (χ4n) is 3.47. The zero-order valence-electron chi connectivity index (χ0n) is 12.6. The number of hydrogen-bond acceptors (Lipinski definition) is 3. The maximum atomic E-state index is 3.54. The van der Waals surface area contributed by atoms with Gasteiger partial charge in [0.2, 0.25) is 0 Å². The standard InChI is InChI=1S/C16H25N3.ClH/c1-18(12-15-7-4-10-19(15)2)11-14-6-3-5-13-8-9-17-16(13)14;/h3,5-6,15,17H,4,7-12H2,1-2H3;1H. The van der Waals surface area contributed by atoms with Gasteiger partial charge in [-0.25, -0.2) is 0 Å². The van der Waals surface area contributed by atoms with Crippen LogP contribution in [-0.2, 0) is 13.0 Å². The van der Waals surface area contributed by atoms with E-state index in [1.165, 1.54) is 49.2 Å². The van der Waals surface area contributed by atoms with Crippen LogP contribution in [-0.4, -0.2) is 49.6 Å². The molecule has 0 aromatic heterocycles. The second-order valence-corrected chi connectivity index (χ2v) is 6.10. The monoisotopic (exact) mass is 295 g/mol. The van der Waals surface area contributed by atoms with E-state index in [-0.39, 0.29) is 12.4 Å². The third-order valence-electron chi connectivity index (χ3n) is 4.57. The number of halogens is 1. The Labute approximate surface area is 128 Å². The molecule has 1 unspecified atom stereocenters. The Morgan fingerprint density at radius 2 is 2.25 bits per heavy atom.